The SMILES string of the molecule is c1cc(-c2ccncc2)cc(-c2ccc3c4ccccc4c4ccccc4c3c2)c1. The van der Waals surface area contributed by atoms with Gasteiger partial charge in [0.25, 0.3) is 0 Å². The topological polar surface area (TPSA) is 12.9 Å². The van der Waals surface area contributed by atoms with Crippen LogP contribution >= 0.6 is 0 Å². The van der Waals surface area contributed by atoms with E-state index in [1.54, 1.807) is 0 Å². The smallest absolute Gasteiger partial charge is 0.0273 e. The number of hydrogen-bond acceptors (Lipinski definition) is 1. The Morgan fingerprint density at radius 1 is 0.333 bits per heavy atom. The van der Waals surface area contributed by atoms with Crippen LogP contribution in [0, 0.1) is 0 Å². The molecule has 0 aliphatic carbocycles. The maximum atomic E-state index is 4.14. The zero-order valence-corrected chi connectivity index (χ0v) is 16.4. The Labute approximate surface area is 175 Å². The standard InChI is InChI=1S/C29H19N/c1-2-10-26-24(8-1)25-9-3-4-11-27(25)29-19-23(12-13-28(26)29)22-7-5-6-21(18-22)20-14-16-30-17-15-20/h1-19H. The number of pyridine rings is 1. The van der Waals surface area contributed by atoms with Gasteiger partial charge in [0, 0.05) is 12.4 Å². The molecule has 0 fully saturated rings. The van der Waals surface area contributed by atoms with Crippen LogP contribution in [0.25, 0.3) is 54.6 Å². The number of aromatic nitrogens is 1. The van der Waals surface area contributed by atoms with E-state index in [0.29, 0.717) is 0 Å². The molecule has 5 aromatic carbocycles. The van der Waals surface area contributed by atoms with Crippen molar-refractivity contribution in [1.82, 2.24) is 4.98 Å². The molecule has 1 heteroatoms. The number of hydrogen-bond donors (Lipinski definition) is 0. The van der Waals surface area contributed by atoms with Gasteiger partial charge in [-0.1, -0.05) is 78.9 Å². The number of nitrogens with zero attached hydrogens (tertiary/aromatic N) is 1. The van der Waals surface area contributed by atoms with Gasteiger partial charge in [-0.2, -0.15) is 0 Å². The summed E-state index contributed by atoms with van der Waals surface area (Å²) in [4.78, 5) is 4.14. The summed E-state index contributed by atoms with van der Waals surface area (Å²) in [6.45, 7) is 0. The Balaban J connectivity index is 1.61. The zero-order valence-electron chi connectivity index (χ0n) is 16.4. The van der Waals surface area contributed by atoms with Gasteiger partial charge in [-0.05, 0) is 78.8 Å². The molecule has 0 amide bonds. The van der Waals surface area contributed by atoms with Gasteiger partial charge < -0.3 is 0 Å². The lowest BCUT2D eigenvalue weighted by Gasteiger charge is -2.12. The molecule has 0 atom stereocenters. The molecule has 0 N–H and O–H groups in total. The Morgan fingerprint density at radius 3 is 1.47 bits per heavy atom. The van der Waals surface area contributed by atoms with Crippen LogP contribution in [0.4, 0.5) is 0 Å². The molecule has 0 unspecified atom stereocenters. The Hall–Kier alpha value is -3.97. The normalized spacial score (nSPS) is 11.3. The largest absolute Gasteiger partial charge is 0.265 e. The zero-order chi connectivity index (χ0) is 19.9. The van der Waals surface area contributed by atoms with E-state index in [2.05, 4.69) is 108 Å². The van der Waals surface area contributed by atoms with Crippen molar-refractivity contribution >= 4 is 32.3 Å². The van der Waals surface area contributed by atoms with E-state index in [1.165, 1.54) is 54.6 Å². The van der Waals surface area contributed by atoms with Crippen molar-refractivity contribution in [1.29, 1.82) is 0 Å². The fourth-order valence-corrected chi connectivity index (χ4v) is 4.51. The fraction of sp³-hybridized carbons (Fsp3) is 0. The molecular formula is C29H19N. The third kappa shape index (κ3) is 2.67. The van der Waals surface area contributed by atoms with Crippen molar-refractivity contribution in [2.45, 2.75) is 0 Å². The molecule has 0 radical (unpaired) electrons. The highest BCUT2D eigenvalue weighted by Gasteiger charge is 2.09. The molecule has 140 valence electrons. The minimum Gasteiger partial charge on any atom is -0.265 e. The van der Waals surface area contributed by atoms with E-state index >= 15 is 0 Å². The summed E-state index contributed by atoms with van der Waals surface area (Å²) in [6.07, 6.45) is 3.69. The molecule has 0 aliphatic heterocycles. The van der Waals surface area contributed by atoms with E-state index in [4.69, 9.17) is 0 Å². The van der Waals surface area contributed by atoms with Crippen LogP contribution < -0.4 is 0 Å². The molecule has 0 spiro atoms. The first-order valence-corrected chi connectivity index (χ1v) is 10.2. The van der Waals surface area contributed by atoms with Gasteiger partial charge in [0.15, 0.2) is 0 Å². The first-order chi connectivity index (χ1) is 14.9. The van der Waals surface area contributed by atoms with Crippen LogP contribution in [0.3, 0.4) is 0 Å². The van der Waals surface area contributed by atoms with Gasteiger partial charge in [-0.15, -0.1) is 0 Å². The summed E-state index contributed by atoms with van der Waals surface area (Å²) >= 11 is 0. The maximum Gasteiger partial charge on any atom is 0.0273 e. The maximum absolute atomic E-state index is 4.14. The van der Waals surface area contributed by atoms with E-state index < -0.39 is 0 Å². The molecule has 0 saturated heterocycles. The third-order valence-corrected chi connectivity index (χ3v) is 5.95. The van der Waals surface area contributed by atoms with E-state index in [9.17, 15) is 0 Å². The third-order valence-electron chi connectivity index (χ3n) is 5.95. The Kier molecular flexibility index (Phi) is 3.85. The van der Waals surface area contributed by atoms with Crippen LogP contribution in [0.5, 0.6) is 0 Å². The Morgan fingerprint density at radius 2 is 0.833 bits per heavy atom. The molecule has 6 aromatic rings. The molecule has 0 bridgehead atoms. The molecule has 6 rings (SSSR count). The predicted molar refractivity (Wildman–Crippen MR) is 128 cm³/mol. The van der Waals surface area contributed by atoms with Gasteiger partial charge in [0.05, 0.1) is 0 Å². The van der Waals surface area contributed by atoms with Gasteiger partial charge in [-0.3, -0.25) is 4.98 Å². The van der Waals surface area contributed by atoms with E-state index in [-0.39, 0.29) is 0 Å². The number of fused-ring (bicyclic) bond motifs is 6. The van der Waals surface area contributed by atoms with Crippen molar-refractivity contribution in [3.8, 4) is 22.3 Å². The van der Waals surface area contributed by atoms with Crippen LogP contribution in [-0.4, -0.2) is 4.98 Å². The average Bonchev–Trinajstić information content (AvgIpc) is 2.84. The van der Waals surface area contributed by atoms with Crippen LogP contribution in [0.1, 0.15) is 0 Å². The Bertz CT molecular complexity index is 1500. The van der Waals surface area contributed by atoms with Crippen LogP contribution in [0.2, 0.25) is 0 Å². The molecule has 30 heavy (non-hydrogen) atoms. The van der Waals surface area contributed by atoms with Crippen LogP contribution in [-0.2, 0) is 0 Å². The van der Waals surface area contributed by atoms with Gasteiger partial charge in [-0.25, -0.2) is 0 Å². The van der Waals surface area contributed by atoms with Gasteiger partial charge in [0.2, 0.25) is 0 Å². The van der Waals surface area contributed by atoms with Gasteiger partial charge >= 0.3 is 0 Å². The monoisotopic (exact) mass is 381 g/mol. The van der Waals surface area contributed by atoms with Crippen LogP contribution in [0.15, 0.2) is 116 Å². The minimum atomic E-state index is 1.18. The number of rotatable bonds is 2. The average molecular weight is 381 g/mol. The highest BCUT2D eigenvalue weighted by atomic mass is 14.6. The summed E-state index contributed by atoms with van der Waals surface area (Å²) in [7, 11) is 0. The van der Waals surface area contributed by atoms with Crippen molar-refractivity contribution in [2.75, 3.05) is 0 Å². The molecule has 1 heterocycles. The first-order valence-electron chi connectivity index (χ1n) is 10.2. The molecule has 0 aliphatic rings. The summed E-state index contributed by atoms with van der Waals surface area (Å²) < 4.78 is 0. The quantitative estimate of drug-likeness (QED) is 0.278. The minimum absolute atomic E-state index is 1.18. The second-order valence-corrected chi connectivity index (χ2v) is 7.67. The lowest BCUT2D eigenvalue weighted by Crippen LogP contribution is -1.85. The van der Waals surface area contributed by atoms with Crippen molar-refractivity contribution < 1.29 is 0 Å². The molecular weight excluding hydrogens is 362 g/mol. The second-order valence-electron chi connectivity index (χ2n) is 7.67. The lowest BCUT2D eigenvalue weighted by molar-refractivity contribution is 1.33. The highest BCUT2D eigenvalue weighted by Crippen LogP contribution is 2.37. The van der Waals surface area contributed by atoms with E-state index in [1.807, 2.05) is 12.4 Å². The summed E-state index contributed by atoms with van der Waals surface area (Å²) in [5.74, 6) is 0. The van der Waals surface area contributed by atoms with E-state index in [0.717, 1.165) is 0 Å². The van der Waals surface area contributed by atoms with Crippen molar-refractivity contribution in [2.24, 2.45) is 0 Å². The van der Waals surface area contributed by atoms with Crippen molar-refractivity contribution in [3.63, 3.8) is 0 Å². The lowest BCUT2D eigenvalue weighted by atomic mass is 9.91. The van der Waals surface area contributed by atoms with Gasteiger partial charge in [0.1, 0.15) is 0 Å². The summed E-state index contributed by atoms with van der Waals surface area (Å²) in [5, 5.41) is 7.84. The predicted octanol–water partition coefficient (Wildman–Crippen LogP) is 7.88. The number of benzene rings is 5. The van der Waals surface area contributed by atoms with Crippen molar-refractivity contribution in [3.05, 3.63) is 116 Å². The fourth-order valence-electron chi connectivity index (χ4n) is 4.51. The molecule has 1 nitrogen and oxygen atoms in total. The molecule has 0 saturated carbocycles. The summed E-state index contributed by atoms with van der Waals surface area (Å²) in [5.41, 5.74) is 4.85. The second kappa shape index (κ2) is 6.82. The highest BCUT2D eigenvalue weighted by molar-refractivity contribution is 6.25. The molecule has 1 aromatic heterocycles. The summed E-state index contributed by atoms with van der Waals surface area (Å²) in [6, 6.07) is 37.2. The first kappa shape index (κ1) is 16.9.